The van der Waals surface area contributed by atoms with E-state index >= 15 is 0 Å². The lowest BCUT2D eigenvalue weighted by atomic mass is 9.62. The van der Waals surface area contributed by atoms with Crippen molar-refractivity contribution in [2.75, 3.05) is 12.8 Å². The van der Waals surface area contributed by atoms with Crippen molar-refractivity contribution in [3.63, 3.8) is 0 Å². The third-order valence-electron chi connectivity index (χ3n) is 7.09. The molecule has 0 radical (unpaired) electrons. The van der Waals surface area contributed by atoms with E-state index in [0.717, 1.165) is 57.8 Å². The predicted octanol–water partition coefficient (Wildman–Crippen LogP) is 4.68. The molecule has 0 aromatic heterocycles. The lowest BCUT2D eigenvalue weighted by Gasteiger charge is -2.45. The number of carbonyl (C=O) groups is 1. The van der Waals surface area contributed by atoms with E-state index in [9.17, 15) is 24.5 Å². The van der Waals surface area contributed by atoms with Gasteiger partial charge >= 0.3 is 0 Å². The minimum absolute atomic E-state index is 0.0830. The summed E-state index contributed by atoms with van der Waals surface area (Å²) in [5.41, 5.74) is 0.0830. The maximum absolute atomic E-state index is 12.3. The van der Waals surface area contributed by atoms with Crippen LogP contribution in [0.2, 0.25) is 0 Å². The summed E-state index contributed by atoms with van der Waals surface area (Å²) in [6.45, 7) is 3.56. The maximum Gasteiger partial charge on any atom is 0.197 e. The van der Waals surface area contributed by atoms with Gasteiger partial charge in [0, 0.05) is 31.1 Å². The van der Waals surface area contributed by atoms with Crippen LogP contribution in [0.4, 0.5) is 0 Å². The van der Waals surface area contributed by atoms with Crippen LogP contribution in [-0.4, -0.2) is 45.9 Å². The average Bonchev–Trinajstić information content (AvgIpc) is 2.86. The second kappa shape index (κ2) is 11.2. The zero-order valence-electron chi connectivity index (χ0n) is 18.3. The molecule has 2 aliphatic rings. The van der Waals surface area contributed by atoms with Gasteiger partial charge in [-0.3, -0.25) is 9.36 Å². The molecule has 0 aromatic rings. The molecule has 2 aliphatic carbocycles. The van der Waals surface area contributed by atoms with E-state index in [4.69, 9.17) is 0 Å². The highest BCUT2D eigenvalue weighted by atomic mass is 31.2. The Hall–Kier alpha value is -0.480. The summed E-state index contributed by atoms with van der Waals surface area (Å²) in [7, 11) is -2.92. The molecule has 0 heterocycles. The minimum Gasteiger partial charge on any atom is -0.392 e. The summed E-state index contributed by atoms with van der Waals surface area (Å²) in [6.07, 6.45) is 14.0. The van der Waals surface area contributed by atoms with Crippen LogP contribution in [0.15, 0.2) is 12.2 Å². The lowest BCUT2D eigenvalue weighted by molar-refractivity contribution is -0.121. The van der Waals surface area contributed by atoms with Crippen LogP contribution >= 0.6 is 7.37 Å². The Balaban J connectivity index is 1.79. The summed E-state index contributed by atoms with van der Waals surface area (Å²) in [5.74, 6) is -0.143. The fourth-order valence-corrected chi connectivity index (χ4v) is 6.02. The first-order valence-corrected chi connectivity index (χ1v) is 13.8. The van der Waals surface area contributed by atoms with Gasteiger partial charge in [-0.15, -0.1) is 0 Å². The Kier molecular flexibility index (Phi) is 9.60. The van der Waals surface area contributed by atoms with Crippen LogP contribution in [0.3, 0.4) is 0 Å². The lowest BCUT2D eigenvalue weighted by Crippen LogP contribution is -2.41. The van der Waals surface area contributed by atoms with Crippen molar-refractivity contribution < 1.29 is 24.5 Å². The number of unbranched alkanes of at least 4 members (excludes halogenated alkanes) is 3. The number of hydrogen-bond acceptors (Lipinski definition) is 4. The zero-order valence-corrected chi connectivity index (χ0v) is 19.2. The van der Waals surface area contributed by atoms with Gasteiger partial charge in [0.25, 0.3) is 0 Å². The molecule has 29 heavy (non-hydrogen) atoms. The third-order valence-corrected chi connectivity index (χ3v) is 8.24. The van der Waals surface area contributed by atoms with E-state index in [2.05, 4.69) is 6.92 Å². The van der Waals surface area contributed by atoms with Crippen molar-refractivity contribution in [1.29, 1.82) is 0 Å². The zero-order chi connectivity index (χ0) is 21.5. The molecule has 6 heteroatoms. The number of ketones is 1. The van der Waals surface area contributed by atoms with Crippen molar-refractivity contribution in [2.24, 2.45) is 17.3 Å². The molecule has 0 amide bonds. The highest BCUT2D eigenvalue weighted by Crippen LogP contribution is 2.48. The van der Waals surface area contributed by atoms with Gasteiger partial charge in [-0.05, 0) is 43.9 Å². The number of rotatable bonds is 13. The van der Waals surface area contributed by atoms with E-state index < -0.39 is 13.5 Å². The monoisotopic (exact) mass is 428 g/mol. The van der Waals surface area contributed by atoms with Gasteiger partial charge in [0.2, 0.25) is 0 Å². The number of Topliss-reactive ketones (excluding diaryl/α,β-unsaturated/α-hetero) is 1. The molecule has 5 nitrogen and oxygen atoms in total. The van der Waals surface area contributed by atoms with Crippen molar-refractivity contribution in [1.82, 2.24) is 0 Å². The number of aliphatic hydroxyl groups is 2. The maximum atomic E-state index is 12.3. The van der Waals surface area contributed by atoms with Crippen LogP contribution in [0.25, 0.3) is 0 Å². The Morgan fingerprint density at radius 3 is 2.52 bits per heavy atom. The van der Waals surface area contributed by atoms with E-state index in [1.807, 2.05) is 12.2 Å². The summed E-state index contributed by atoms with van der Waals surface area (Å²) >= 11 is 0. The number of carbonyl (C=O) groups excluding carboxylic acids is 1. The van der Waals surface area contributed by atoms with Crippen LogP contribution in [0.1, 0.15) is 84.0 Å². The molecule has 168 valence electrons. The first kappa shape index (κ1) is 24.8. The predicted molar refractivity (Wildman–Crippen MR) is 117 cm³/mol. The van der Waals surface area contributed by atoms with E-state index in [1.54, 1.807) is 0 Å². The van der Waals surface area contributed by atoms with Crippen molar-refractivity contribution in [3.8, 4) is 0 Å². The van der Waals surface area contributed by atoms with E-state index in [1.165, 1.54) is 13.1 Å². The molecule has 0 spiro atoms. The van der Waals surface area contributed by atoms with Gasteiger partial charge in [0.05, 0.1) is 12.2 Å². The molecule has 2 rings (SSSR count). The Labute approximate surface area is 176 Å². The Bertz CT molecular complexity index is 592. The van der Waals surface area contributed by atoms with Crippen LogP contribution in [0.5, 0.6) is 0 Å². The Morgan fingerprint density at radius 1 is 1.24 bits per heavy atom. The van der Waals surface area contributed by atoms with E-state index in [0.29, 0.717) is 12.6 Å². The normalized spacial score (nSPS) is 29.7. The number of hydrogen-bond donors (Lipinski definition) is 3. The summed E-state index contributed by atoms with van der Waals surface area (Å²) in [5, 5.41) is 21.0. The molecule has 0 bridgehead atoms. The third kappa shape index (κ3) is 7.31. The summed E-state index contributed by atoms with van der Waals surface area (Å²) in [4.78, 5) is 21.7. The molecule has 0 aromatic carbocycles. The smallest absolute Gasteiger partial charge is 0.197 e. The first-order valence-electron chi connectivity index (χ1n) is 11.5. The fourth-order valence-electron chi connectivity index (χ4n) is 5.21. The quantitative estimate of drug-likeness (QED) is 0.225. The molecule has 3 N–H and O–H groups in total. The van der Waals surface area contributed by atoms with Crippen molar-refractivity contribution in [3.05, 3.63) is 12.2 Å². The largest absolute Gasteiger partial charge is 0.392 e. The second-order valence-electron chi connectivity index (χ2n) is 9.54. The highest BCUT2D eigenvalue weighted by molar-refractivity contribution is 7.57. The SMILES string of the molecule is CCCC1(C(O)C/C=C/[C@H]2[C@H](O)CC(=O)[C@@H]2CCCCCCP(C)(=O)O)CCC1. The van der Waals surface area contributed by atoms with Gasteiger partial charge in [-0.1, -0.05) is 51.2 Å². The van der Waals surface area contributed by atoms with Gasteiger partial charge in [0.15, 0.2) is 7.37 Å². The van der Waals surface area contributed by atoms with E-state index in [-0.39, 0.29) is 35.6 Å². The molecule has 0 aliphatic heterocycles. The number of aliphatic hydroxyl groups excluding tert-OH is 2. The molecule has 0 saturated heterocycles. The molecule has 5 atom stereocenters. The van der Waals surface area contributed by atoms with Gasteiger partial charge in [-0.2, -0.15) is 0 Å². The molecule has 2 fully saturated rings. The van der Waals surface area contributed by atoms with Crippen molar-refractivity contribution in [2.45, 2.75) is 96.2 Å². The molecular formula is C23H41O5P. The van der Waals surface area contributed by atoms with Gasteiger partial charge in [0.1, 0.15) is 5.78 Å². The van der Waals surface area contributed by atoms with Crippen LogP contribution in [-0.2, 0) is 9.36 Å². The second-order valence-corrected chi connectivity index (χ2v) is 12.1. The van der Waals surface area contributed by atoms with Crippen LogP contribution in [0, 0.1) is 17.3 Å². The topological polar surface area (TPSA) is 94.8 Å². The highest BCUT2D eigenvalue weighted by Gasteiger charge is 2.42. The standard InChI is InChI=1S/C23H41O5P/c1-3-13-23(14-9-15-23)22(26)12-8-11-19-18(20(24)17-21(19)25)10-6-4-5-7-16-29(2,27)28/h8,11,18-19,21-22,25-26H,3-7,9-10,12-17H2,1-2H3,(H,27,28)/b11-8+/t18-,19-,21-,22?/m1/s1. The molecule has 2 saturated carbocycles. The summed E-state index contributed by atoms with van der Waals surface area (Å²) < 4.78 is 11.3. The average molecular weight is 429 g/mol. The van der Waals surface area contributed by atoms with Crippen molar-refractivity contribution >= 4 is 13.2 Å². The Morgan fingerprint density at radius 2 is 1.93 bits per heavy atom. The molecule has 2 unspecified atom stereocenters. The summed E-state index contributed by atoms with van der Waals surface area (Å²) in [6, 6.07) is 0. The molecular weight excluding hydrogens is 387 g/mol. The first-order chi connectivity index (χ1) is 13.7. The minimum atomic E-state index is -2.92. The van der Waals surface area contributed by atoms with Gasteiger partial charge in [-0.25, -0.2) is 0 Å². The van der Waals surface area contributed by atoms with Crippen LogP contribution < -0.4 is 0 Å². The van der Waals surface area contributed by atoms with Gasteiger partial charge < -0.3 is 15.1 Å². The fraction of sp³-hybridized carbons (Fsp3) is 0.870.